The zero-order valence-electron chi connectivity index (χ0n) is 12.4. The van der Waals surface area contributed by atoms with E-state index in [0.29, 0.717) is 6.54 Å². The molecule has 0 radical (unpaired) electrons. The van der Waals surface area contributed by atoms with E-state index in [-0.39, 0.29) is 36.8 Å². The number of hydrogen-bond acceptors (Lipinski definition) is 4. The minimum absolute atomic E-state index is 0. The number of anilines is 1. The number of carbonyl (C=O) groups excluding carboxylic acids is 1. The molecule has 0 aromatic heterocycles. The molecule has 2 aliphatic rings. The van der Waals surface area contributed by atoms with E-state index in [1.807, 2.05) is 29.2 Å². The predicted octanol–water partition coefficient (Wildman–Crippen LogP) is 1.54. The Balaban J connectivity index is 0.00000121. The van der Waals surface area contributed by atoms with Gasteiger partial charge in [-0.1, -0.05) is 12.1 Å². The monoisotopic (exact) mass is 347 g/mol. The Morgan fingerprint density at radius 3 is 2.45 bits per heavy atom. The third kappa shape index (κ3) is 4.04. The maximum Gasteiger partial charge on any atom is 0.256 e. The van der Waals surface area contributed by atoms with Gasteiger partial charge in [-0.05, 0) is 18.6 Å². The highest BCUT2D eigenvalue weighted by Gasteiger charge is 2.27. The lowest BCUT2D eigenvalue weighted by molar-refractivity contribution is 0.0790. The van der Waals surface area contributed by atoms with Crippen molar-refractivity contribution in [2.24, 2.45) is 5.73 Å². The summed E-state index contributed by atoms with van der Waals surface area (Å²) in [6, 6.07) is 7.96. The van der Waals surface area contributed by atoms with E-state index in [0.717, 1.165) is 50.5 Å². The van der Waals surface area contributed by atoms with Crippen LogP contribution in [-0.4, -0.2) is 56.2 Å². The highest BCUT2D eigenvalue weighted by Crippen LogP contribution is 2.24. The van der Waals surface area contributed by atoms with E-state index in [1.165, 1.54) is 0 Å². The van der Waals surface area contributed by atoms with E-state index in [4.69, 9.17) is 10.5 Å². The number of morpholine rings is 1. The van der Waals surface area contributed by atoms with Crippen molar-refractivity contribution in [1.82, 2.24) is 4.90 Å². The quantitative estimate of drug-likeness (QED) is 0.881. The van der Waals surface area contributed by atoms with E-state index >= 15 is 0 Å². The molecule has 0 saturated carbocycles. The molecule has 2 saturated heterocycles. The van der Waals surface area contributed by atoms with Gasteiger partial charge < -0.3 is 20.3 Å². The van der Waals surface area contributed by atoms with Crippen LogP contribution in [-0.2, 0) is 4.74 Å². The molecule has 2 aliphatic heterocycles. The molecule has 1 aromatic rings. The number of hydrogen-bond donors (Lipinski definition) is 1. The van der Waals surface area contributed by atoms with Gasteiger partial charge >= 0.3 is 0 Å². The van der Waals surface area contributed by atoms with Crippen LogP contribution >= 0.6 is 24.8 Å². The number of nitrogens with zero attached hydrogens (tertiary/aromatic N) is 2. The first-order valence-corrected chi connectivity index (χ1v) is 7.22. The Bertz CT molecular complexity index is 495. The molecule has 0 spiro atoms. The van der Waals surface area contributed by atoms with Gasteiger partial charge in [0.15, 0.2) is 0 Å². The summed E-state index contributed by atoms with van der Waals surface area (Å²) in [7, 11) is 0. The topological polar surface area (TPSA) is 58.8 Å². The number of likely N-dealkylation sites (tertiary alicyclic amines) is 1. The molecule has 22 heavy (non-hydrogen) atoms. The van der Waals surface area contributed by atoms with Gasteiger partial charge in [0.05, 0.1) is 18.8 Å². The first-order valence-electron chi connectivity index (χ1n) is 7.22. The van der Waals surface area contributed by atoms with Crippen molar-refractivity contribution in [1.29, 1.82) is 0 Å². The fraction of sp³-hybridized carbons (Fsp3) is 0.533. The summed E-state index contributed by atoms with van der Waals surface area (Å²) in [5, 5.41) is 0. The molecule has 0 bridgehead atoms. The van der Waals surface area contributed by atoms with E-state index in [1.54, 1.807) is 0 Å². The number of para-hydroxylation sites is 1. The van der Waals surface area contributed by atoms with Crippen molar-refractivity contribution in [3.8, 4) is 0 Å². The van der Waals surface area contributed by atoms with Crippen LogP contribution in [0.4, 0.5) is 5.69 Å². The van der Waals surface area contributed by atoms with Crippen LogP contribution in [0.15, 0.2) is 24.3 Å². The van der Waals surface area contributed by atoms with Gasteiger partial charge in [0.1, 0.15) is 0 Å². The molecule has 0 aliphatic carbocycles. The number of rotatable bonds is 2. The van der Waals surface area contributed by atoms with Gasteiger partial charge in [-0.25, -0.2) is 0 Å². The van der Waals surface area contributed by atoms with Crippen LogP contribution in [0.5, 0.6) is 0 Å². The van der Waals surface area contributed by atoms with Crippen LogP contribution < -0.4 is 10.6 Å². The highest BCUT2D eigenvalue weighted by molar-refractivity contribution is 6.00. The number of amides is 1. The average Bonchev–Trinajstić information content (AvgIpc) is 2.94. The predicted molar refractivity (Wildman–Crippen MR) is 92.5 cm³/mol. The highest BCUT2D eigenvalue weighted by atomic mass is 35.5. The molecule has 5 nitrogen and oxygen atoms in total. The number of halogens is 2. The normalized spacial score (nSPS) is 21.0. The minimum Gasteiger partial charge on any atom is -0.378 e. The standard InChI is InChI=1S/C15H21N3O2.2ClH/c16-12-5-6-18(11-12)15(19)13-3-1-2-4-14(13)17-7-9-20-10-8-17;;/h1-4,12H,5-11,16H2;2*1H. The van der Waals surface area contributed by atoms with Gasteiger partial charge in [0.2, 0.25) is 0 Å². The van der Waals surface area contributed by atoms with Crippen molar-refractivity contribution in [2.45, 2.75) is 12.5 Å². The molecular weight excluding hydrogens is 325 g/mol. The average molecular weight is 348 g/mol. The van der Waals surface area contributed by atoms with Gasteiger partial charge in [0, 0.05) is 37.9 Å². The zero-order valence-corrected chi connectivity index (χ0v) is 14.1. The van der Waals surface area contributed by atoms with Crippen molar-refractivity contribution in [2.75, 3.05) is 44.3 Å². The molecule has 3 rings (SSSR count). The van der Waals surface area contributed by atoms with Crippen LogP contribution in [0.2, 0.25) is 0 Å². The molecule has 1 unspecified atom stereocenters. The minimum atomic E-state index is 0. The van der Waals surface area contributed by atoms with Crippen LogP contribution in [0.1, 0.15) is 16.8 Å². The van der Waals surface area contributed by atoms with Gasteiger partial charge in [-0.15, -0.1) is 24.8 Å². The maximum absolute atomic E-state index is 12.7. The maximum atomic E-state index is 12.7. The summed E-state index contributed by atoms with van der Waals surface area (Å²) < 4.78 is 5.38. The Morgan fingerprint density at radius 1 is 1.14 bits per heavy atom. The zero-order chi connectivity index (χ0) is 13.9. The van der Waals surface area contributed by atoms with Crippen LogP contribution in [0.25, 0.3) is 0 Å². The number of nitrogens with two attached hydrogens (primary N) is 1. The fourth-order valence-corrected chi connectivity index (χ4v) is 2.88. The molecule has 124 valence electrons. The lowest BCUT2D eigenvalue weighted by atomic mass is 10.1. The van der Waals surface area contributed by atoms with Gasteiger partial charge in [-0.3, -0.25) is 4.79 Å². The van der Waals surface area contributed by atoms with Crippen LogP contribution in [0, 0.1) is 0 Å². The summed E-state index contributed by atoms with van der Waals surface area (Å²) in [5.74, 6) is 0.0973. The SMILES string of the molecule is Cl.Cl.NC1CCN(C(=O)c2ccccc2N2CCOCC2)C1. The van der Waals surface area contributed by atoms with Crippen molar-refractivity contribution in [3.63, 3.8) is 0 Å². The number of benzene rings is 1. The number of ether oxygens (including phenoxy) is 1. The van der Waals surface area contributed by atoms with Gasteiger partial charge in [-0.2, -0.15) is 0 Å². The first-order chi connectivity index (χ1) is 9.75. The van der Waals surface area contributed by atoms with Crippen molar-refractivity contribution in [3.05, 3.63) is 29.8 Å². The van der Waals surface area contributed by atoms with Crippen molar-refractivity contribution >= 4 is 36.4 Å². The Morgan fingerprint density at radius 2 is 1.82 bits per heavy atom. The largest absolute Gasteiger partial charge is 0.378 e. The lowest BCUT2D eigenvalue weighted by Gasteiger charge is -2.31. The van der Waals surface area contributed by atoms with Crippen LogP contribution in [0.3, 0.4) is 0 Å². The number of carbonyl (C=O) groups is 1. The second-order valence-corrected chi connectivity index (χ2v) is 5.42. The summed E-state index contributed by atoms with van der Waals surface area (Å²) in [4.78, 5) is 16.8. The third-order valence-electron chi connectivity index (χ3n) is 4.00. The molecule has 1 amide bonds. The molecule has 1 atom stereocenters. The first kappa shape index (κ1) is 19.0. The Hall–Kier alpha value is -1.01. The molecule has 7 heteroatoms. The van der Waals surface area contributed by atoms with Crippen molar-refractivity contribution < 1.29 is 9.53 Å². The molecular formula is C15H23Cl2N3O2. The van der Waals surface area contributed by atoms with Gasteiger partial charge in [0.25, 0.3) is 5.91 Å². The summed E-state index contributed by atoms with van der Waals surface area (Å²) in [6.45, 7) is 4.54. The summed E-state index contributed by atoms with van der Waals surface area (Å²) in [5.41, 5.74) is 7.70. The fourth-order valence-electron chi connectivity index (χ4n) is 2.88. The molecule has 1 aromatic carbocycles. The smallest absolute Gasteiger partial charge is 0.256 e. The van der Waals surface area contributed by atoms with E-state index in [9.17, 15) is 4.79 Å². The summed E-state index contributed by atoms with van der Waals surface area (Å²) in [6.07, 6.45) is 0.894. The second kappa shape index (κ2) is 8.58. The Labute approximate surface area is 143 Å². The Kier molecular flexibility index (Phi) is 7.42. The molecule has 2 fully saturated rings. The second-order valence-electron chi connectivity index (χ2n) is 5.42. The summed E-state index contributed by atoms with van der Waals surface area (Å²) >= 11 is 0. The third-order valence-corrected chi connectivity index (χ3v) is 4.00. The molecule has 2 heterocycles. The van der Waals surface area contributed by atoms with E-state index in [2.05, 4.69) is 4.90 Å². The molecule has 2 N–H and O–H groups in total. The van der Waals surface area contributed by atoms with E-state index < -0.39 is 0 Å². The lowest BCUT2D eigenvalue weighted by Crippen LogP contribution is -2.38.